The fourth-order valence-corrected chi connectivity index (χ4v) is 1.89. The van der Waals surface area contributed by atoms with Gasteiger partial charge in [-0.2, -0.15) is 0 Å². The molecule has 0 amide bonds. The number of halogens is 1. The highest BCUT2D eigenvalue weighted by atomic mass is 19.1. The maximum absolute atomic E-state index is 13.8. The quantitative estimate of drug-likeness (QED) is 0.694. The minimum Gasteiger partial charge on any atom is -0.482 e. The summed E-state index contributed by atoms with van der Waals surface area (Å²) < 4.78 is 20.7. The van der Waals surface area contributed by atoms with E-state index in [0.29, 0.717) is 22.9 Å². The zero-order valence-corrected chi connectivity index (χ0v) is 9.67. The molecule has 0 aliphatic carbocycles. The molecule has 3 rings (SSSR count). The molecule has 0 aliphatic rings. The van der Waals surface area contributed by atoms with Crippen LogP contribution in [0.15, 0.2) is 42.5 Å². The Morgan fingerprint density at radius 3 is 2.67 bits per heavy atom. The van der Waals surface area contributed by atoms with Crippen LogP contribution in [-0.4, -0.2) is 21.7 Å². The first-order valence-corrected chi connectivity index (χ1v) is 5.44. The monoisotopic (exact) mass is 243 g/mol. The number of benzene rings is 1. The predicted molar refractivity (Wildman–Crippen MR) is 64.9 cm³/mol. The average Bonchev–Trinajstić information content (AvgIpc) is 2.83. The Morgan fingerprint density at radius 1 is 1.06 bits per heavy atom. The molecule has 0 N–H and O–H groups in total. The molecular weight excluding hydrogens is 233 g/mol. The van der Waals surface area contributed by atoms with Crippen LogP contribution in [0.3, 0.4) is 0 Å². The summed E-state index contributed by atoms with van der Waals surface area (Å²) in [5, 5.41) is 8.04. The molecule has 0 spiro atoms. The highest BCUT2D eigenvalue weighted by Gasteiger charge is 2.14. The van der Waals surface area contributed by atoms with Crippen LogP contribution in [0.2, 0.25) is 0 Å². The van der Waals surface area contributed by atoms with Crippen molar-refractivity contribution in [3.63, 3.8) is 0 Å². The molecule has 3 aromatic rings. The summed E-state index contributed by atoms with van der Waals surface area (Å²) in [7, 11) is 1.56. The summed E-state index contributed by atoms with van der Waals surface area (Å²) in [6, 6.07) is 11.8. The van der Waals surface area contributed by atoms with Crippen LogP contribution in [0.1, 0.15) is 0 Å². The van der Waals surface area contributed by atoms with Crippen LogP contribution < -0.4 is 4.74 Å². The van der Waals surface area contributed by atoms with Crippen molar-refractivity contribution in [3.05, 3.63) is 48.3 Å². The molecule has 0 fully saturated rings. The average molecular weight is 243 g/mol. The molecule has 1 aromatic carbocycles. The fourth-order valence-electron chi connectivity index (χ4n) is 1.89. The van der Waals surface area contributed by atoms with Crippen molar-refractivity contribution in [3.8, 4) is 17.3 Å². The molecule has 18 heavy (non-hydrogen) atoms. The first-order chi connectivity index (χ1) is 8.81. The van der Waals surface area contributed by atoms with Gasteiger partial charge in [-0.25, -0.2) is 8.79 Å². The van der Waals surface area contributed by atoms with E-state index in [0.717, 1.165) is 0 Å². The Morgan fingerprint density at radius 2 is 1.89 bits per heavy atom. The van der Waals surface area contributed by atoms with Gasteiger partial charge in [-0.1, -0.05) is 18.2 Å². The summed E-state index contributed by atoms with van der Waals surface area (Å²) in [5.74, 6) is 0.661. The SMILES string of the molecule is COc1cccc2nnc(-c3ccccc3F)n12. The second-order valence-electron chi connectivity index (χ2n) is 3.77. The minimum atomic E-state index is -0.335. The van der Waals surface area contributed by atoms with Crippen molar-refractivity contribution in [1.82, 2.24) is 14.6 Å². The normalized spacial score (nSPS) is 10.8. The van der Waals surface area contributed by atoms with E-state index in [1.165, 1.54) is 6.07 Å². The lowest BCUT2D eigenvalue weighted by molar-refractivity contribution is 0.392. The Balaban J connectivity index is 2.34. The molecule has 2 aromatic heterocycles. The van der Waals surface area contributed by atoms with Gasteiger partial charge >= 0.3 is 0 Å². The van der Waals surface area contributed by atoms with Crippen LogP contribution in [-0.2, 0) is 0 Å². The number of methoxy groups -OCH3 is 1. The Kier molecular flexibility index (Phi) is 2.44. The first-order valence-electron chi connectivity index (χ1n) is 5.44. The van der Waals surface area contributed by atoms with E-state index >= 15 is 0 Å². The molecule has 0 aliphatic heterocycles. The highest BCUT2D eigenvalue weighted by Crippen LogP contribution is 2.25. The van der Waals surface area contributed by atoms with E-state index in [1.807, 2.05) is 6.07 Å². The zero-order chi connectivity index (χ0) is 12.5. The van der Waals surface area contributed by atoms with Crippen LogP contribution in [0.4, 0.5) is 4.39 Å². The standard InChI is InChI=1S/C13H10FN3O/c1-18-12-8-4-7-11-15-16-13(17(11)12)9-5-2-3-6-10(9)14/h2-8H,1H3. The second kappa shape index (κ2) is 4.10. The number of fused-ring (bicyclic) bond motifs is 1. The first kappa shape index (κ1) is 10.7. The lowest BCUT2D eigenvalue weighted by Crippen LogP contribution is -1.97. The van der Waals surface area contributed by atoms with Gasteiger partial charge in [0, 0.05) is 0 Å². The van der Waals surface area contributed by atoms with Gasteiger partial charge < -0.3 is 4.74 Å². The fraction of sp³-hybridized carbons (Fsp3) is 0.0769. The number of hydrogen-bond acceptors (Lipinski definition) is 3. The Bertz CT molecular complexity index is 708. The summed E-state index contributed by atoms with van der Waals surface area (Å²) in [4.78, 5) is 0. The van der Waals surface area contributed by atoms with E-state index in [9.17, 15) is 4.39 Å². The van der Waals surface area contributed by atoms with Gasteiger partial charge in [0.25, 0.3) is 0 Å². The molecule has 4 nitrogen and oxygen atoms in total. The van der Waals surface area contributed by atoms with Crippen molar-refractivity contribution >= 4 is 5.65 Å². The third-order valence-corrected chi connectivity index (χ3v) is 2.72. The Labute approximate surface area is 103 Å². The number of hydrogen-bond donors (Lipinski definition) is 0. The summed E-state index contributed by atoms with van der Waals surface area (Å²) in [6.07, 6.45) is 0. The van der Waals surface area contributed by atoms with Gasteiger partial charge in [0.1, 0.15) is 5.82 Å². The molecule has 90 valence electrons. The van der Waals surface area contributed by atoms with Crippen molar-refractivity contribution < 1.29 is 9.13 Å². The smallest absolute Gasteiger partial charge is 0.200 e. The third-order valence-electron chi connectivity index (χ3n) is 2.72. The number of nitrogens with zero attached hydrogens (tertiary/aromatic N) is 3. The molecule has 0 radical (unpaired) electrons. The summed E-state index contributed by atoms with van der Waals surface area (Å²) in [6.45, 7) is 0. The van der Waals surface area contributed by atoms with Crippen molar-refractivity contribution in [2.75, 3.05) is 7.11 Å². The molecule has 0 bridgehead atoms. The van der Waals surface area contributed by atoms with E-state index in [4.69, 9.17) is 4.74 Å². The van der Waals surface area contributed by atoms with Crippen molar-refractivity contribution in [2.45, 2.75) is 0 Å². The number of ether oxygens (including phenoxy) is 1. The number of rotatable bonds is 2. The van der Waals surface area contributed by atoms with E-state index in [-0.39, 0.29) is 5.82 Å². The maximum atomic E-state index is 13.8. The van der Waals surface area contributed by atoms with Crippen molar-refractivity contribution in [2.24, 2.45) is 0 Å². The maximum Gasteiger partial charge on any atom is 0.200 e. The molecule has 0 saturated heterocycles. The topological polar surface area (TPSA) is 39.4 Å². The predicted octanol–water partition coefficient (Wildman–Crippen LogP) is 2.54. The van der Waals surface area contributed by atoms with E-state index in [2.05, 4.69) is 10.2 Å². The number of pyridine rings is 1. The number of aromatic nitrogens is 3. The molecular formula is C13H10FN3O. The van der Waals surface area contributed by atoms with Crippen LogP contribution >= 0.6 is 0 Å². The minimum absolute atomic E-state index is 0.335. The second-order valence-corrected chi connectivity index (χ2v) is 3.77. The summed E-state index contributed by atoms with van der Waals surface area (Å²) >= 11 is 0. The van der Waals surface area contributed by atoms with Gasteiger partial charge in [0.2, 0.25) is 5.88 Å². The van der Waals surface area contributed by atoms with Gasteiger partial charge in [0.05, 0.1) is 12.7 Å². The molecule has 5 heteroatoms. The third kappa shape index (κ3) is 1.52. The van der Waals surface area contributed by atoms with E-state index in [1.54, 1.807) is 41.8 Å². The lowest BCUT2D eigenvalue weighted by Gasteiger charge is -2.06. The lowest BCUT2D eigenvalue weighted by atomic mass is 10.2. The van der Waals surface area contributed by atoms with Crippen LogP contribution in [0, 0.1) is 5.82 Å². The molecule has 2 heterocycles. The molecule has 0 unspecified atom stereocenters. The van der Waals surface area contributed by atoms with Crippen molar-refractivity contribution in [1.29, 1.82) is 0 Å². The van der Waals surface area contributed by atoms with Crippen LogP contribution in [0.5, 0.6) is 5.88 Å². The largest absolute Gasteiger partial charge is 0.482 e. The molecule has 0 saturated carbocycles. The van der Waals surface area contributed by atoms with Gasteiger partial charge in [-0.05, 0) is 24.3 Å². The van der Waals surface area contributed by atoms with Gasteiger partial charge in [-0.3, -0.25) is 0 Å². The molecule has 0 atom stereocenters. The van der Waals surface area contributed by atoms with E-state index < -0.39 is 0 Å². The Hall–Kier alpha value is -2.43. The van der Waals surface area contributed by atoms with Crippen LogP contribution in [0.25, 0.3) is 17.0 Å². The zero-order valence-electron chi connectivity index (χ0n) is 9.67. The summed E-state index contributed by atoms with van der Waals surface area (Å²) in [5.41, 5.74) is 1.02. The van der Waals surface area contributed by atoms with Gasteiger partial charge in [0.15, 0.2) is 11.5 Å². The highest BCUT2D eigenvalue weighted by molar-refractivity contribution is 5.61. The van der Waals surface area contributed by atoms with Gasteiger partial charge in [-0.15, -0.1) is 10.2 Å².